The zero-order valence-corrected chi connectivity index (χ0v) is 9.21. The number of nitriles is 1. The van der Waals surface area contributed by atoms with E-state index in [-0.39, 0.29) is 17.7 Å². The number of carboxylic acid groups (broad SMARTS) is 1. The topological polar surface area (TPSA) is 104 Å². The number of nitrogens with zero attached hydrogens (tertiary/aromatic N) is 2. The molecule has 0 amide bonds. The number of aliphatic carboxylic acids is 1. The Labute approximate surface area is 103 Å². The van der Waals surface area contributed by atoms with Crippen molar-refractivity contribution >= 4 is 11.7 Å². The lowest BCUT2D eigenvalue weighted by molar-refractivity contribution is -0.385. The molecule has 0 aliphatic rings. The molecule has 18 heavy (non-hydrogen) atoms. The van der Waals surface area contributed by atoms with Crippen molar-refractivity contribution in [3.05, 3.63) is 39.4 Å². The van der Waals surface area contributed by atoms with Crippen molar-refractivity contribution in [1.82, 2.24) is 0 Å². The van der Waals surface area contributed by atoms with E-state index in [1.165, 1.54) is 18.2 Å². The zero-order chi connectivity index (χ0) is 13.5. The largest absolute Gasteiger partial charge is 0.481 e. The molecule has 0 spiro atoms. The van der Waals surface area contributed by atoms with Gasteiger partial charge in [-0.2, -0.15) is 5.26 Å². The highest BCUT2D eigenvalue weighted by atomic mass is 16.6. The summed E-state index contributed by atoms with van der Waals surface area (Å²) in [6.45, 7) is 0. The molecule has 1 aromatic carbocycles. The second kappa shape index (κ2) is 6.02. The molecular weight excluding hydrogens is 236 g/mol. The van der Waals surface area contributed by atoms with Crippen molar-refractivity contribution in [3.8, 4) is 17.9 Å². The van der Waals surface area contributed by atoms with E-state index >= 15 is 0 Å². The van der Waals surface area contributed by atoms with Crippen molar-refractivity contribution in [2.75, 3.05) is 0 Å². The maximum absolute atomic E-state index is 10.8. The van der Waals surface area contributed by atoms with Crippen LogP contribution in [0.25, 0.3) is 0 Å². The van der Waals surface area contributed by atoms with Crippen LogP contribution in [-0.2, 0) is 11.2 Å². The molecule has 0 unspecified atom stereocenters. The van der Waals surface area contributed by atoms with E-state index in [2.05, 4.69) is 11.8 Å². The predicted molar refractivity (Wildman–Crippen MR) is 61.5 cm³/mol. The second-order valence-electron chi connectivity index (χ2n) is 3.31. The Bertz CT molecular complexity index is 590. The average molecular weight is 244 g/mol. The molecule has 1 rings (SSSR count). The first kappa shape index (κ1) is 13.2. The van der Waals surface area contributed by atoms with E-state index in [1.807, 2.05) is 6.07 Å². The Hall–Kier alpha value is -2.86. The molecule has 90 valence electrons. The molecule has 0 aromatic heterocycles. The number of hydrogen-bond acceptors (Lipinski definition) is 4. The van der Waals surface area contributed by atoms with Gasteiger partial charge < -0.3 is 5.11 Å². The number of carboxylic acids is 1. The lowest BCUT2D eigenvalue weighted by atomic mass is 10.1. The Kier molecular flexibility index (Phi) is 4.42. The van der Waals surface area contributed by atoms with Crippen LogP contribution in [0, 0.1) is 33.3 Å². The van der Waals surface area contributed by atoms with Crippen LogP contribution >= 0.6 is 0 Å². The number of hydrogen-bond donors (Lipinski definition) is 1. The number of nitro benzene ring substituents is 1. The summed E-state index contributed by atoms with van der Waals surface area (Å²) >= 11 is 0. The first-order chi connectivity index (χ1) is 8.54. The molecule has 0 saturated carbocycles. The van der Waals surface area contributed by atoms with Crippen LogP contribution in [0.5, 0.6) is 0 Å². The molecule has 0 saturated heterocycles. The molecular formula is C12H8N2O4. The minimum atomic E-state index is -1.14. The Morgan fingerprint density at radius 2 is 2.22 bits per heavy atom. The van der Waals surface area contributed by atoms with Gasteiger partial charge in [-0.1, -0.05) is 17.9 Å². The standard InChI is InChI=1S/C12H8N2O4/c13-6-2-1-3-9-4-5-10(8-12(15)16)11(7-9)14(17)18/h4-5,7H,2,8H2,(H,15,16). The summed E-state index contributed by atoms with van der Waals surface area (Å²) in [6, 6.07) is 5.90. The van der Waals surface area contributed by atoms with Gasteiger partial charge in [0.15, 0.2) is 0 Å². The van der Waals surface area contributed by atoms with E-state index in [1.54, 1.807) is 0 Å². The Balaban J connectivity index is 3.13. The fourth-order valence-electron chi connectivity index (χ4n) is 1.31. The third-order valence-electron chi connectivity index (χ3n) is 2.02. The van der Waals surface area contributed by atoms with Gasteiger partial charge in [0, 0.05) is 17.2 Å². The normalized spacial score (nSPS) is 8.83. The van der Waals surface area contributed by atoms with Crippen LogP contribution in [0.2, 0.25) is 0 Å². The molecule has 0 aliphatic carbocycles. The van der Waals surface area contributed by atoms with Gasteiger partial charge in [0.2, 0.25) is 0 Å². The lowest BCUT2D eigenvalue weighted by Crippen LogP contribution is -2.04. The number of nitro groups is 1. The van der Waals surface area contributed by atoms with Gasteiger partial charge in [-0.25, -0.2) is 0 Å². The summed E-state index contributed by atoms with van der Waals surface area (Å²) in [5.74, 6) is 3.99. The molecule has 1 aromatic rings. The monoisotopic (exact) mass is 244 g/mol. The fourth-order valence-corrected chi connectivity index (χ4v) is 1.31. The molecule has 0 radical (unpaired) electrons. The SMILES string of the molecule is N#CCC#Cc1ccc(CC(=O)O)c([N+](=O)[O-])c1. The van der Waals surface area contributed by atoms with Gasteiger partial charge in [-0.3, -0.25) is 14.9 Å². The number of benzene rings is 1. The lowest BCUT2D eigenvalue weighted by Gasteiger charge is -2.00. The molecule has 0 bridgehead atoms. The van der Waals surface area contributed by atoms with E-state index in [9.17, 15) is 14.9 Å². The summed E-state index contributed by atoms with van der Waals surface area (Å²) in [5, 5.41) is 27.7. The minimum absolute atomic E-state index is 0.0324. The van der Waals surface area contributed by atoms with Gasteiger partial charge in [0.1, 0.15) is 0 Å². The highest BCUT2D eigenvalue weighted by molar-refractivity contribution is 5.72. The molecule has 0 atom stereocenters. The quantitative estimate of drug-likeness (QED) is 0.492. The van der Waals surface area contributed by atoms with Crippen LogP contribution in [0.15, 0.2) is 18.2 Å². The van der Waals surface area contributed by atoms with Crippen molar-refractivity contribution in [3.63, 3.8) is 0 Å². The number of carbonyl (C=O) groups is 1. The van der Waals surface area contributed by atoms with Crippen LogP contribution in [0.1, 0.15) is 17.5 Å². The van der Waals surface area contributed by atoms with Crippen LogP contribution in [0.3, 0.4) is 0 Å². The summed E-state index contributed by atoms with van der Waals surface area (Å²) in [6.07, 6.45) is -0.382. The number of rotatable bonds is 3. The Morgan fingerprint density at radius 3 is 2.78 bits per heavy atom. The minimum Gasteiger partial charge on any atom is -0.481 e. The van der Waals surface area contributed by atoms with Crippen LogP contribution in [-0.4, -0.2) is 16.0 Å². The molecule has 1 N–H and O–H groups in total. The van der Waals surface area contributed by atoms with Gasteiger partial charge in [-0.15, -0.1) is 0 Å². The van der Waals surface area contributed by atoms with Crippen LogP contribution in [0.4, 0.5) is 5.69 Å². The third kappa shape index (κ3) is 3.62. The van der Waals surface area contributed by atoms with E-state index in [0.717, 1.165) is 0 Å². The average Bonchev–Trinajstić information content (AvgIpc) is 2.30. The van der Waals surface area contributed by atoms with E-state index < -0.39 is 17.3 Å². The van der Waals surface area contributed by atoms with Gasteiger partial charge >= 0.3 is 5.97 Å². The summed E-state index contributed by atoms with van der Waals surface area (Å²) in [4.78, 5) is 20.7. The summed E-state index contributed by atoms with van der Waals surface area (Å²) in [5.41, 5.74) is 0.227. The second-order valence-corrected chi connectivity index (χ2v) is 3.31. The maximum atomic E-state index is 10.8. The molecule has 0 aliphatic heterocycles. The fraction of sp³-hybridized carbons (Fsp3) is 0.167. The van der Waals surface area contributed by atoms with Crippen molar-refractivity contribution in [2.45, 2.75) is 12.8 Å². The molecule has 6 heteroatoms. The molecule has 6 nitrogen and oxygen atoms in total. The smallest absolute Gasteiger partial charge is 0.308 e. The zero-order valence-electron chi connectivity index (χ0n) is 9.21. The highest BCUT2D eigenvalue weighted by Gasteiger charge is 2.16. The van der Waals surface area contributed by atoms with Crippen LogP contribution < -0.4 is 0 Å². The van der Waals surface area contributed by atoms with Crippen molar-refractivity contribution in [2.24, 2.45) is 0 Å². The first-order valence-electron chi connectivity index (χ1n) is 4.89. The summed E-state index contributed by atoms with van der Waals surface area (Å²) < 4.78 is 0. The predicted octanol–water partition coefficient (Wildman–Crippen LogP) is 1.49. The van der Waals surface area contributed by atoms with E-state index in [4.69, 9.17) is 10.4 Å². The van der Waals surface area contributed by atoms with Gasteiger partial charge in [-0.05, 0) is 6.07 Å². The maximum Gasteiger partial charge on any atom is 0.308 e. The van der Waals surface area contributed by atoms with Crippen molar-refractivity contribution in [1.29, 1.82) is 5.26 Å². The van der Waals surface area contributed by atoms with Gasteiger partial charge in [0.05, 0.1) is 23.8 Å². The Morgan fingerprint density at radius 1 is 1.50 bits per heavy atom. The summed E-state index contributed by atoms with van der Waals surface area (Å²) in [7, 11) is 0. The third-order valence-corrected chi connectivity index (χ3v) is 2.02. The molecule has 0 fully saturated rings. The van der Waals surface area contributed by atoms with Gasteiger partial charge in [0.25, 0.3) is 5.69 Å². The van der Waals surface area contributed by atoms with Crippen molar-refractivity contribution < 1.29 is 14.8 Å². The first-order valence-corrected chi connectivity index (χ1v) is 4.89. The highest BCUT2D eigenvalue weighted by Crippen LogP contribution is 2.20. The van der Waals surface area contributed by atoms with E-state index in [0.29, 0.717) is 5.56 Å². The molecule has 0 heterocycles.